The lowest BCUT2D eigenvalue weighted by atomic mass is 10.2. The third kappa shape index (κ3) is 9.14. The Kier molecular flexibility index (Phi) is 9.56. The predicted molar refractivity (Wildman–Crippen MR) is 66.8 cm³/mol. The first-order valence-corrected chi connectivity index (χ1v) is 5.31. The largest absolute Gasteiger partial charge is 0.385 e. The molecule has 0 aliphatic rings. The summed E-state index contributed by atoms with van der Waals surface area (Å²) in [5.74, 6) is 9.99. The number of aliphatic hydroxyl groups excluding tert-OH is 2. The zero-order valence-corrected chi connectivity index (χ0v) is 9.76. The molecular formula is C14H16O3. The van der Waals surface area contributed by atoms with Gasteiger partial charge in [-0.1, -0.05) is 30.1 Å². The first-order valence-electron chi connectivity index (χ1n) is 5.31. The summed E-state index contributed by atoms with van der Waals surface area (Å²) in [6.07, 6.45) is 5.98. The number of aliphatic hydroxyl groups is 2. The fourth-order valence-corrected chi connectivity index (χ4v) is 0.862. The van der Waals surface area contributed by atoms with E-state index in [1.165, 1.54) is 6.08 Å². The normalized spacial score (nSPS) is 13.6. The number of hydrogen-bond acceptors (Lipinski definition) is 3. The van der Waals surface area contributed by atoms with E-state index in [2.05, 4.69) is 23.7 Å². The summed E-state index contributed by atoms with van der Waals surface area (Å²) >= 11 is 0. The lowest BCUT2D eigenvalue weighted by molar-refractivity contribution is -0.107. The smallest absolute Gasteiger partial charge is 0.145 e. The predicted octanol–water partition coefficient (Wildman–Crippen LogP) is 0.826. The molecule has 0 saturated carbocycles. The van der Waals surface area contributed by atoms with Crippen LogP contribution in [0.1, 0.15) is 19.8 Å². The standard InChI is InChI=1S/C14H16O3/c1-2-3-4-5-7-10-13(16)14(17)11-8-6-9-12-15/h2-3,8,11-14,16-17H,6,9H2,1H3/b3-2+,11-8+/t13-,14-/m1/s1. The summed E-state index contributed by atoms with van der Waals surface area (Å²) in [4.78, 5) is 10.0. The average Bonchev–Trinajstić information content (AvgIpc) is 2.34. The molecule has 0 fully saturated rings. The molecule has 0 aromatic heterocycles. The van der Waals surface area contributed by atoms with E-state index < -0.39 is 12.2 Å². The molecule has 0 unspecified atom stereocenters. The van der Waals surface area contributed by atoms with Gasteiger partial charge in [0.05, 0.1) is 0 Å². The lowest BCUT2D eigenvalue weighted by Crippen LogP contribution is -2.21. The number of rotatable bonds is 5. The number of hydrogen-bond donors (Lipinski definition) is 2. The molecule has 0 spiro atoms. The molecule has 0 aliphatic heterocycles. The maximum atomic E-state index is 10.0. The molecule has 0 rings (SSSR count). The summed E-state index contributed by atoms with van der Waals surface area (Å²) in [7, 11) is 0. The summed E-state index contributed by atoms with van der Waals surface area (Å²) < 4.78 is 0. The van der Waals surface area contributed by atoms with Crippen LogP contribution in [0.15, 0.2) is 24.3 Å². The van der Waals surface area contributed by atoms with E-state index in [0.29, 0.717) is 12.8 Å². The molecule has 0 heterocycles. The second-order valence-electron chi connectivity index (χ2n) is 3.15. The molecule has 0 radical (unpaired) electrons. The number of carbonyl (C=O) groups excluding carboxylic acids is 1. The highest BCUT2D eigenvalue weighted by Crippen LogP contribution is 1.96. The Hall–Kier alpha value is -1.81. The van der Waals surface area contributed by atoms with Crippen LogP contribution >= 0.6 is 0 Å². The van der Waals surface area contributed by atoms with Gasteiger partial charge in [0.2, 0.25) is 0 Å². The maximum Gasteiger partial charge on any atom is 0.145 e. The summed E-state index contributed by atoms with van der Waals surface area (Å²) in [5, 5.41) is 18.8. The van der Waals surface area contributed by atoms with Gasteiger partial charge in [-0.05, 0) is 31.3 Å². The minimum absolute atomic E-state index is 0.403. The molecular weight excluding hydrogens is 216 g/mol. The van der Waals surface area contributed by atoms with Crippen LogP contribution in [0.3, 0.4) is 0 Å². The molecule has 0 amide bonds. The molecule has 17 heavy (non-hydrogen) atoms. The Bertz CT molecular complexity index is 385. The van der Waals surface area contributed by atoms with E-state index in [4.69, 9.17) is 0 Å². The number of allylic oxidation sites excluding steroid dienone is 3. The lowest BCUT2D eigenvalue weighted by Gasteiger charge is -2.06. The highest BCUT2D eigenvalue weighted by atomic mass is 16.3. The topological polar surface area (TPSA) is 57.5 Å². The van der Waals surface area contributed by atoms with Crippen molar-refractivity contribution in [1.29, 1.82) is 0 Å². The van der Waals surface area contributed by atoms with E-state index in [0.717, 1.165) is 6.29 Å². The second-order valence-corrected chi connectivity index (χ2v) is 3.15. The fourth-order valence-electron chi connectivity index (χ4n) is 0.862. The van der Waals surface area contributed by atoms with Gasteiger partial charge in [-0.2, -0.15) is 0 Å². The van der Waals surface area contributed by atoms with Gasteiger partial charge < -0.3 is 15.0 Å². The Balaban J connectivity index is 4.13. The molecule has 2 atom stereocenters. The molecule has 0 bridgehead atoms. The van der Waals surface area contributed by atoms with Gasteiger partial charge in [0, 0.05) is 6.42 Å². The van der Waals surface area contributed by atoms with Gasteiger partial charge in [0.1, 0.15) is 18.5 Å². The van der Waals surface area contributed by atoms with Crippen LogP contribution in [0.5, 0.6) is 0 Å². The van der Waals surface area contributed by atoms with Gasteiger partial charge in [-0.3, -0.25) is 0 Å². The van der Waals surface area contributed by atoms with Crippen LogP contribution in [0.4, 0.5) is 0 Å². The van der Waals surface area contributed by atoms with Crippen molar-refractivity contribution < 1.29 is 15.0 Å². The first-order chi connectivity index (χ1) is 8.22. The van der Waals surface area contributed by atoms with Gasteiger partial charge in [0.25, 0.3) is 0 Å². The monoisotopic (exact) mass is 232 g/mol. The van der Waals surface area contributed by atoms with Crippen LogP contribution in [-0.2, 0) is 4.79 Å². The maximum absolute atomic E-state index is 10.0. The quantitative estimate of drug-likeness (QED) is 0.319. The van der Waals surface area contributed by atoms with Gasteiger partial charge in [0.15, 0.2) is 0 Å². The molecule has 0 aromatic carbocycles. The zero-order valence-electron chi connectivity index (χ0n) is 9.76. The SMILES string of the molecule is C/C=C/C#CC#C[C@@H](O)[C@H](O)/C=C/CCC=O. The van der Waals surface area contributed by atoms with E-state index in [1.807, 2.05) is 6.92 Å². The molecule has 0 saturated heterocycles. The molecule has 3 nitrogen and oxygen atoms in total. The summed E-state index contributed by atoms with van der Waals surface area (Å²) in [6.45, 7) is 1.84. The van der Waals surface area contributed by atoms with Crippen LogP contribution in [0.2, 0.25) is 0 Å². The van der Waals surface area contributed by atoms with Crippen molar-refractivity contribution >= 4 is 6.29 Å². The van der Waals surface area contributed by atoms with Crippen molar-refractivity contribution in [3.05, 3.63) is 24.3 Å². The summed E-state index contributed by atoms with van der Waals surface area (Å²) in [6, 6.07) is 0. The van der Waals surface area contributed by atoms with Gasteiger partial charge >= 0.3 is 0 Å². The average molecular weight is 232 g/mol. The van der Waals surface area contributed by atoms with Crippen molar-refractivity contribution in [1.82, 2.24) is 0 Å². The highest BCUT2D eigenvalue weighted by Gasteiger charge is 2.08. The molecule has 90 valence electrons. The van der Waals surface area contributed by atoms with E-state index >= 15 is 0 Å². The molecule has 2 N–H and O–H groups in total. The van der Waals surface area contributed by atoms with Crippen molar-refractivity contribution in [2.45, 2.75) is 32.0 Å². The Labute approximate surface area is 102 Å². The van der Waals surface area contributed by atoms with E-state index in [-0.39, 0.29) is 0 Å². The number of aldehydes is 1. The first kappa shape index (κ1) is 15.2. The number of unbranched alkanes of at least 4 members (excludes halogenated alkanes) is 1. The van der Waals surface area contributed by atoms with E-state index in [1.54, 1.807) is 18.2 Å². The zero-order chi connectivity index (χ0) is 12.9. The fraction of sp³-hybridized carbons (Fsp3) is 0.357. The van der Waals surface area contributed by atoms with Gasteiger partial charge in [-0.15, -0.1) is 0 Å². The van der Waals surface area contributed by atoms with Crippen LogP contribution in [0, 0.1) is 23.7 Å². The van der Waals surface area contributed by atoms with Crippen LogP contribution in [-0.4, -0.2) is 28.7 Å². The second kappa shape index (κ2) is 10.7. The molecule has 0 aliphatic carbocycles. The third-order valence-corrected chi connectivity index (χ3v) is 1.71. The van der Waals surface area contributed by atoms with Crippen molar-refractivity contribution in [2.24, 2.45) is 0 Å². The van der Waals surface area contributed by atoms with Crippen LogP contribution < -0.4 is 0 Å². The van der Waals surface area contributed by atoms with Crippen LogP contribution in [0.25, 0.3) is 0 Å². The van der Waals surface area contributed by atoms with Crippen molar-refractivity contribution in [2.75, 3.05) is 0 Å². The Morgan fingerprint density at radius 2 is 2.00 bits per heavy atom. The summed E-state index contributed by atoms with van der Waals surface area (Å²) in [5.41, 5.74) is 0. The number of carbonyl (C=O) groups is 1. The van der Waals surface area contributed by atoms with Crippen molar-refractivity contribution in [3.63, 3.8) is 0 Å². The Morgan fingerprint density at radius 1 is 1.24 bits per heavy atom. The molecule has 0 aromatic rings. The minimum Gasteiger partial charge on any atom is -0.385 e. The minimum atomic E-state index is -1.16. The Morgan fingerprint density at radius 3 is 2.65 bits per heavy atom. The molecule has 3 heteroatoms. The third-order valence-electron chi connectivity index (χ3n) is 1.71. The van der Waals surface area contributed by atoms with Gasteiger partial charge in [-0.25, -0.2) is 0 Å². The van der Waals surface area contributed by atoms with E-state index in [9.17, 15) is 15.0 Å². The van der Waals surface area contributed by atoms with Crippen molar-refractivity contribution in [3.8, 4) is 23.7 Å². The highest BCUT2D eigenvalue weighted by molar-refractivity contribution is 5.49.